The number of aromatic carboxylic acids is 1. The molecular formula is C13H12N2O4. The van der Waals surface area contributed by atoms with Crippen molar-refractivity contribution in [3.63, 3.8) is 0 Å². The third kappa shape index (κ3) is 2.62. The monoisotopic (exact) mass is 260 g/mol. The number of carboxylic acids is 1. The quantitative estimate of drug-likeness (QED) is 0.903. The normalized spacial score (nSPS) is 10.0. The van der Waals surface area contributed by atoms with Crippen molar-refractivity contribution in [2.24, 2.45) is 0 Å². The van der Waals surface area contributed by atoms with Crippen LogP contribution in [0.25, 0.3) is 11.3 Å². The molecule has 98 valence electrons. The van der Waals surface area contributed by atoms with E-state index in [2.05, 4.69) is 10.2 Å². The van der Waals surface area contributed by atoms with Gasteiger partial charge in [-0.2, -0.15) is 0 Å². The Bertz CT molecular complexity index is 596. The number of aromatic nitrogens is 2. The lowest BCUT2D eigenvalue weighted by atomic mass is 10.1. The van der Waals surface area contributed by atoms with Crippen LogP contribution in [0.2, 0.25) is 0 Å². The Morgan fingerprint density at radius 1 is 1.05 bits per heavy atom. The van der Waals surface area contributed by atoms with Crippen molar-refractivity contribution in [2.45, 2.75) is 0 Å². The second-order valence-corrected chi connectivity index (χ2v) is 3.68. The van der Waals surface area contributed by atoms with E-state index < -0.39 is 5.97 Å². The number of benzene rings is 1. The summed E-state index contributed by atoms with van der Waals surface area (Å²) in [4.78, 5) is 10.7. The molecule has 1 aromatic carbocycles. The van der Waals surface area contributed by atoms with Crippen LogP contribution in [0.3, 0.4) is 0 Å². The number of hydrogen-bond acceptors (Lipinski definition) is 5. The van der Waals surface area contributed by atoms with Gasteiger partial charge in [0.2, 0.25) is 0 Å². The lowest BCUT2D eigenvalue weighted by Crippen LogP contribution is -2.02. The molecule has 2 rings (SSSR count). The standard InChI is InChI=1S/C13H12N2O4/c1-18-11-6-3-8(7-12(11)19-2)9-4-5-10(13(16)17)15-14-9/h3-7H,1-2H3,(H,16,17). The predicted octanol–water partition coefficient (Wildman–Crippen LogP) is 1.86. The van der Waals surface area contributed by atoms with Crippen LogP contribution < -0.4 is 9.47 Å². The number of hydrogen-bond donors (Lipinski definition) is 1. The Morgan fingerprint density at radius 2 is 1.79 bits per heavy atom. The molecule has 0 saturated heterocycles. The molecule has 0 unspecified atom stereocenters. The molecule has 1 N–H and O–H groups in total. The first-order valence-electron chi connectivity index (χ1n) is 5.45. The smallest absolute Gasteiger partial charge is 0.356 e. The molecule has 0 aliphatic heterocycles. The van der Waals surface area contributed by atoms with Crippen molar-refractivity contribution >= 4 is 5.97 Å². The first-order valence-corrected chi connectivity index (χ1v) is 5.45. The molecule has 0 atom stereocenters. The van der Waals surface area contributed by atoms with Crippen LogP contribution in [0.1, 0.15) is 10.5 Å². The Morgan fingerprint density at radius 3 is 2.32 bits per heavy atom. The first kappa shape index (κ1) is 12.8. The van der Waals surface area contributed by atoms with Crippen LogP contribution in [0.4, 0.5) is 0 Å². The second kappa shape index (κ2) is 5.34. The number of carboxylic acid groups (broad SMARTS) is 1. The molecule has 0 spiro atoms. The molecule has 2 aromatic rings. The van der Waals surface area contributed by atoms with Gasteiger partial charge in [-0.3, -0.25) is 0 Å². The van der Waals surface area contributed by atoms with Gasteiger partial charge in [0.25, 0.3) is 0 Å². The zero-order chi connectivity index (χ0) is 13.8. The number of carbonyl (C=O) groups is 1. The van der Waals surface area contributed by atoms with Gasteiger partial charge >= 0.3 is 5.97 Å². The van der Waals surface area contributed by atoms with Gasteiger partial charge < -0.3 is 14.6 Å². The summed E-state index contributed by atoms with van der Waals surface area (Å²) in [6.07, 6.45) is 0. The topological polar surface area (TPSA) is 81.5 Å². The van der Waals surface area contributed by atoms with Crippen molar-refractivity contribution in [1.82, 2.24) is 10.2 Å². The first-order chi connectivity index (χ1) is 9.15. The maximum absolute atomic E-state index is 10.7. The number of nitrogens with zero attached hydrogens (tertiary/aromatic N) is 2. The SMILES string of the molecule is COc1ccc(-c2ccc(C(=O)O)nn2)cc1OC. The summed E-state index contributed by atoms with van der Waals surface area (Å²) >= 11 is 0. The minimum absolute atomic E-state index is 0.0933. The Balaban J connectivity index is 2.38. The molecule has 1 heterocycles. The van der Waals surface area contributed by atoms with Gasteiger partial charge in [-0.25, -0.2) is 4.79 Å². The highest BCUT2D eigenvalue weighted by molar-refractivity contribution is 5.85. The van der Waals surface area contributed by atoms with Crippen molar-refractivity contribution in [2.75, 3.05) is 14.2 Å². The van der Waals surface area contributed by atoms with Gasteiger partial charge in [0.15, 0.2) is 17.2 Å². The van der Waals surface area contributed by atoms with Crippen LogP contribution in [0.5, 0.6) is 11.5 Å². The number of methoxy groups -OCH3 is 2. The molecule has 0 amide bonds. The van der Waals surface area contributed by atoms with Crippen molar-refractivity contribution in [3.05, 3.63) is 36.0 Å². The summed E-state index contributed by atoms with van der Waals surface area (Å²) in [6.45, 7) is 0. The molecule has 19 heavy (non-hydrogen) atoms. The Kier molecular flexibility index (Phi) is 3.61. The molecule has 0 fully saturated rings. The fourth-order valence-electron chi connectivity index (χ4n) is 1.60. The summed E-state index contributed by atoms with van der Waals surface area (Å²) in [7, 11) is 3.10. The van der Waals surface area contributed by atoms with Gasteiger partial charge in [0.05, 0.1) is 19.9 Å². The van der Waals surface area contributed by atoms with E-state index in [1.54, 1.807) is 38.5 Å². The van der Waals surface area contributed by atoms with E-state index in [9.17, 15) is 4.79 Å². The maximum Gasteiger partial charge on any atom is 0.356 e. The van der Waals surface area contributed by atoms with Gasteiger partial charge in [0.1, 0.15) is 0 Å². The molecule has 0 bridgehead atoms. The molecule has 0 aliphatic carbocycles. The third-order valence-corrected chi connectivity index (χ3v) is 2.56. The van der Waals surface area contributed by atoms with Crippen molar-refractivity contribution in [1.29, 1.82) is 0 Å². The van der Waals surface area contributed by atoms with E-state index in [0.29, 0.717) is 17.2 Å². The van der Waals surface area contributed by atoms with E-state index in [-0.39, 0.29) is 5.69 Å². The summed E-state index contributed by atoms with van der Waals surface area (Å²) in [5.74, 6) is 0.0804. The lowest BCUT2D eigenvalue weighted by molar-refractivity contribution is 0.0689. The van der Waals surface area contributed by atoms with Crippen LogP contribution in [0, 0.1) is 0 Å². The van der Waals surface area contributed by atoms with E-state index >= 15 is 0 Å². The summed E-state index contributed by atoms with van der Waals surface area (Å²) in [6, 6.07) is 8.30. The average molecular weight is 260 g/mol. The van der Waals surface area contributed by atoms with Crippen LogP contribution in [-0.2, 0) is 0 Å². The Hall–Kier alpha value is -2.63. The number of ether oxygens (including phenoxy) is 2. The van der Waals surface area contributed by atoms with Crippen LogP contribution in [-0.4, -0.2) is 35.5 Å². The largest absolute Gasteiger partial charge is 0.493 e. The third-order valence-electron chi connectivity index (χ3n) is 2.56. The average Bonchev–Trinajstić information content (AvgIpc) is 2.46. The van der Waals surface area contributed by atoms with E-state index in [4.69, 9.17) is 14.6 Å². The van der Waals surface area contributed by atoms with Gasteiger partial charge in [0, 0.05) is 5.56 Å². The fraction of sp³-hybridized carbons (Fsp3) is 0.154. The summed E-state index contributed by atoms with van der Waals surface area (Å²) < 4.78 is 10.3. The predicted molar refractivity (Wildman–Crippen MR) is 67.5 cm³/mol. The molecule has 0 saturated carbocycles. The molecule has 6 nitrogen and oxygen atoms in total. The van der Waals surface area contributed by atoms with Crippen molar-refractivity contribution in [3.8, 4) is 22.8 Å². The highest BCUT2D eigenvalue weighted by Crippen LogP contribution is 2.31. The van der Waals surface area contributed by atoms with E-state index in [1.165, 1.54) is 6.07 Å². The molecule has 1 aromatic heterocycles. The molecule has 0 radical (unpaired) electrons. The highest BCUT2D eigenvalue weighted by Gasteiger charge is 2.09. The minimum atomic E-state index is -1.11. The highest BCUT2D eigenvalue weighted by atomic mass is 16.5. The van der Waals surface area contributed by atoms with E-state index in [1.807, 2.05) is 0 Å². The zero-order valence-corrected chi connectivity index (χ0v) is 10.5. The van der Waals surface area contributed by atoms with Crippen LogP contribution in [0.15, 0.2) is 30.3 Å². The Labute approximate surface area is 109 Å². The van der Waals surface area contributed by atoms with Crippen LogP contribution >= 0.6 is 0 Å². The summed E-state index contributed by atoms with van der Waals surface area (Å²) in [5.41, 5.74) is 1.23. The number of rotatable bonds is 4. The van der Waals surface area contributed by atoms with Gasteiger partial charge in [-0.15, -0.1) is 10.2 Å². The summed E-state index contributed by atoms with van der Waals surface area (Å²) in [5, 5.41) is 16.3. The van der Waals surface area contributed by atoms with Gasteiger partial charge in [-0.1, -0.05) is 0 Å². The molecular weight excluding hydrogens is 248 g/mol. The second-order valence-electron chi connectivity index (χ2n) is 3.68. The van der Waals surface area contributed by atoms with Gasteiger partial charge in [-0.05, 0) is 30.3 Å². The molecule has 6 heteroatoms. The lowest BCUT2D eigenvalue weighted by Gasteiger charge is -2.08. The van der Waals surface area contributed by atoms with E-state index in [0.717, 1.165) is 5.56 Å². The molecule has 0 aliphatic rings. The van der Waals surface area contributed by atoms with Crippen molar-refractivity contribution < 1.29 is 19.4 Å². The minimum Gasteiger partial charge on any atom is -0.493 e. The zero-order valence-electron chi connectivity index (χ0n) is 10.5. The maximum atomic E-state index is 10.7. The fourth-order valence-corrected chi connectivity index (χ4v) is 1.60.